The second-order valence-electron chi connectivity index (χ2n) is 6.13. The highest BCUT2D eigenvalue weighted by molar-refractivity contribution is 5.85. The van der Waals surface area contributed by atoms with Gasteiger partial charge >= 0.3 is 5.97 Å². The SMILES string of the molecule is Cn1cc(C[C@H](N)C(=O)OC(C)(C)C)c2ccccc21. The normalized spacial score (nSPS) is 13.4. The van der Waals surface area contributed by atoms with Gasteiger partial charge in [-0.1, -0.05) is 18.2 Å². The predicted molar refractivity (Wildman–Crippen MR) is 80.4 cm³/mol. The van der Waals surface area contributed by atoms with Crippen LogP contribution in [0.25, 0.3) is 10.9 Å². The molecule has 2 rings (SSSR count). The molecule has 2 N–H and O–H groups in total. The summed E-state index contributed by atoms with van der Waals surface area (Å²) in [6.07, 6.45) is 2.51. The van der Waals surface area contributed by atoms with Crippen molar-refractivity contribution in [2.24, 2.45) is 12.8 Å². The number of ether oxygens (including phenoxy) is 1. The van der Waals surface area contributed by atoms with Crippen LogP contribution in [0.2, 0.25) is 0 Å². The van der Waals surface area contributed by atoms with E-state index in [1.807, 2.05) is 56.8 Å². The fourth-order valence-corrected chi connectivity index (χ4v) is 2.29. The number of benzene rings is 1. The van der Waals surface area contributed by atoms with E-state index in [1.54, 1.807) is 0 Å². The Morgan fingerprint density at radius 3 is 2.65 bits per heavy atom. The minimum Gasteiger partial charge on any atom is -0.459 e. The number of nitrogens with two attached hydrogens (primary N) is 1. The highest BCUT2D eigenvalue weighted by Crippen LogP contribution is 2.21. The van der Waals surface area contributed by atoms with Gasteiger partial charge in [-0.05, 0) is 32.4 Å². The maximum Gasteiger partial charge on any atom is 0.323 e. The Bertz CT molecular complexity index is 623. The molecule has 20 heavy (non-hydrogen) atoms. The van der Waals surface area contributed by atoms with Crippen molar-refractivity contribution >= 4 is 16.9 Å². The summed E-state index contributed by atoms with van der Waals surface area (Å²) in [4.78, 5) is 12.0. The first-order valence-electron chi connectivity index (χ1n) is 6.79. The third-order valence-corrected chi connectivity index (χ3v) is 3.13. The number of hydrogen-bond donors (Lipinski definition) is 1. The standard InChI is InChI=1S/C16H22N2O2/c1-16(2,3)20-15(19)13(17)9-11-10-18(4)14-8-6-5-7-12(11)14/h5-8,10,13H,9,17H2,1-4H3/t13-/m0/s1. The van der Waals surface area contributed by atoms with Gasteiger partial charge in [-0.3, -0.25) is 4.79 Å². The number of esters is 1. The Balaban J connectivity index is 2.18. The number of para-hydroxylation sites is 1. The first-order valence-corrected chi connectivity index (χ1v) is 6.79. The lowest BCUT2D eigenvalue weighted by Gasteiger charge is -2.22. The van der Waals surface area contributed by atoms with Gasteiger partial charge in [-0.2, -0.15) is 0 Å². The molecule has 1 aromatic carbocycles. The molecule has 0 saturated carbocycles. The van der Waals surface area contributed by atoms with Gasteiger partial charge in [0, 0.05) is 30.6 Å². The molecule has 108 valence electrons. The van der Waals surface area contributed by atoms with Crippen molar-refractivity contribution in [3.05, 3.63) is 36.0 Å². The molecule has 0 aliphatic heterocycles. The van der Waals surface area contributed by atoms with E-state index < -0.39 is 11.6 Å². The van der Waals surface area contributed by atoms with Crippen molar-refractivity contribution < 1.29 is 9.53 Å². The van der Waals surface area contributed by atoms with Gasteiger partial charge < -0.3 is 15.0 Å². The number of hydrogen-bond acceptors (Lipinski definition) is 3. The number of rotatable bonds is 3. The van der Waals surface area contributed by atoms with Crippen molar-refractivity contribution in [1.29, 1.82) is 0 Å². The molecule has 0 bridgehead atoms. The second-order valence-corrected chi connectivity index (χ2v) is 6.13. The van der Waals surface area contributed by atoms with Crippen molar-refractivity contribution in [3.8, 4) is 0 Å². The van der Waals surface area contributed by atoms with Crippen LogP contribution in [0.4, 0.5) is 0 Å². The molecule has 0 unspecified atom stereocenters. The lowest BCUT2D eigenvalue weighted by atomic mass is 10.1. The Labute approximate surface area is 119 Å². The number of fused-ring (bicyclic) bond motifs is 1. The van der Waals surface area contributed by atoms with E-state index in [1.165, 1.54) is 0 Å². The largest absolute Gasteiger partial charge is 0.459 e. The Hall–Kier alpha value is -1.81. The second kappa shape index (κ2) is 5.29. The maximum absolute atomic E-state index is 12.0. The predicted octanol–water partition coefficient (Wildman–Crippen LogP) is 2.39. The van der Waals surface area contributed by atoms with E-state index in [9.17, 15) is 4.79 Å². The Morgan fingerprint density at radius 1 is 1.35 bits per heavy atom. The summed E-state index contributed by atoms with van der Waals surface area (Å²) in [7, 11) is 1.99. The average Bonchev–Trinajstić information content (AvgIpc) is 2.65. The van der Waals surface area contributed by atoms with Crippen molar-refractivity contribution in [1.82, 2.24) is 4.57 Å². The Kier molecular flexibility index (Phi) is 3.86. The molecule has 4 nitrogen and oxygen atoms in total. The quantitative estimate of drug-likeness (QED) is 0.874. The highest BCUT2D eigenvalue weighted by Gasteiger charge is 2.23. The van der Waals surface area contributed by atoms with Crippen LogP contribution in [-0.2, 0) is 23.0 Å². The van der Waals surface area contributed by atoms with Crippen LogP contribution in [0.5, 0.6) is 0 Å². The molecule has 0 spiro atoms. The average molecular weight is 274 g/mol. The number of carbonyl (C=O) groups is 1. The molecule has 1 aromatic heterocycles. The maximum atomic E-state index is 12.0. The molecule has 1 heterocycles. The summed E-state index contributed by atoms with van der Waals surface area (Å²) in [5.74, 6) is -0.356. The molecule has 1 atom stereocenters. The molecule has 0 radical (unpaired) electrons. The van der Waals surface area contributed by atoms with E-state index in [-0.39, 0.29) is 5.97 Å². The zero-order chi connectivity index (χ0) is 14.9. The molecular formula is C16H22N2O2. The Morgan fingerprint density at radius 2 is 2.00 bits per heavy atom. The number of aromatic nitrogens is 1. The van der Waals surface area contributed by atoms with Crippen molar-refractivity contribution in [2.75, 3.05) is 0 Å². The first-order chi connectivity index (χ1) is 9.28. The van der Waals surface area contributed by atoms with Crippen LogP contribution >= 0.6 is 0 Å². The van der Waals surface area contributed by atoms with Gasteiger partial charge in [-0.25, -0.2) is 0 Å². The van der Waals surface area contributed by atoms with Crippen molar-refractivity contribution in [3.63, 3.8) is 0 Å². The van der Waals surface area contributed by atoms with Gasteiger partial charge in [0.2, 0.25) is 0 Å². The van der Waals surface area contributed by atoms with Gasteiger partial charge in [0.05, 0.1) is 0 Å². The summed E-state index contributed by atoms with van der Waals surface area (Å²) in [6, 6.07) is 7.45. The van der Waals surface area contributed by atoms with Crippen LogP contribution in [0.15, 0.2) is 30.5 Å². The van der Waals surface area contributed by atoms with Crippen LogP contribution in [0.1, 0.15) is 26.3 Å². The molecule has 0 saturated heterocycles. The van der Waals surface area contributed by atoms with Gasteiger partial charge in [-0.15, -0.1) is 0 Å². The molecule has 2 aromatic rings. The summed E-state index contributed by atoms with van der Waals surface area (Å²) >= 11 is 0. The summed E-state index contributed by atoms with van der Waals surface area (Å²) in [5, 5.41) is 1.13. The molecule has 0 aliphatic carbocycles. The highest BCUT2D eigenvalue weighted by atomic mass is 16.6. The fraction of sp³-hybridized carbons (Fsp3) is 0.438. The summed E-state index contributed by atoms with van der Waals surface area (Å²) in [5.41, 5.74) is 7.68. The van der Waals surface area contributed by atoms with Crippen LogP contribution in [-0.4, -0.2) is 22.2 Å². The lowest BCUT2D eigenvalue weighted by Crippen LogP contribution is -2.38. The van der Waals surface area contributed by atoms with Crippen LogP contribution < -0.4 is 5.73 Å². The molecule has 0 aliphatic rings. The van der Waals surface area contributed by atoms with Gasteiger partial charge in [0.15, 0.2) is 0 Å². The van der Waals surface area contributed by atoms with Crippen molar-refractivity contribution in [2.45, 2.75) is 38.8 Å². The minimum atomic E-state index is -0.639. The van der Waals surface area contributed by atoms with Gasteiger partial charge in [0.25, 0.3) is 0 Å². The molecule has 0 fully saturated rings. The summed E-state index contributed by atoms with van der Waals surface area (Å²) in [6.45, 7) is 5.53. The third-order valence-electron chi connectivity index (χ3n) is 3.13. The van der Waals surface area contributed by atoms with Gasteiger partial charge in [0.1, 0.15) is 11.6 Å². The lowest BCUT2D eigenvalue weighted by molar-refractivity contribution is -0.156. The fourth-order valence-electron chi connectivity index (χ4n) is 2.29. The smallest absolute Gasteiger partial charge is 0.323 e. The third kappa shape index (κ3) is 3.20. The zero-order valence-electron chi connectivity index (χ0n) is 12.5. The summed E-state index contributed by atoms with van der Waals surface area (Å²) < 4.78 is 7.37. The number of aryl methyl sites for hydroxylation is 1. The first kappa shape index (κ1) is 14.6. The van der Waals surface area contributed by atoms with E-state index in [0.717, 1.165) is 16.5 Å². The minimum absolute atomic E-state index is 0.356. The number of nitrogens with zero attached hydrogens (tertiary/aromatic N) is 1. The van der Waals surface area contributed by atoms with Crippen LogP contribution in [0.3, 0.4) is 0 Å². The van der Waals surface area contributed by atoms with Crippen LogP contribution in [0, 0.1) is 0 Å². The molecule has 4 heteroatoms. The number of carbonyl (C=O) groups excluding carboxylic acids is 1. The van der Waals surface area contributed by atoms with E-state index in [2.05, 4.69) is 6.07 Å². The molecular weight excluding hydrogens is 252 g/mol. The van der Waals surface area contributed by atoms with E-state index in [4.69, 9.17) is 10.5 Å². The van der Waals surface area contributed by atoms with E-state index in [0.29, 0.717) is 6.42 Å². The van der Waals surface area contributed by atoms with E-state index >= 15 is 0 Å². The monoisotopic (exact) mass is 274 g/mol. The topological polar surface area (TPSA) is 57.2 Å². The zero-order valence-corrected chi connectivity index (χ0v) is 12.5. The molecule has 0 amide bonds.